The minimum atomic E-state index is 0.133. The largest absolute Gasteiger partial charge is 0.396 e. The van der Waals surface area contributed by atoms with E-state index in [0.717, 1.165) is 21.5 Å². The Morgan fingerprint density at radius 3 is 3.00 bits per heavy atom. The average molecular weight is 210 g/mol. The zero-order valence-corrected chi connectivity index (χ0v) is 8.67. The summed E-state index contributed by atoms with van der Waals surface area (Å²) in [5.74, 6) is 0.133. The van der Waals surface area contributed by atoms with E-state index in [0.29, 0.717) is 0 Å². The van der Waals surface area contributed by atoms with Gasteiger partial charge in [-0.25, -0.2) is 0 Å². The van der Waals surface area contributed by atoms with Crippen molar-refractivity contribution in [2.45, 2.75) is 12.8 Å². The molecule has 0 amide bonds. The van der Waals surface area contributed by atoms with Crippen molar-refractivity contribution in [2.24, 2.45) is 0 Å². The number of fused-ring (bicyclic) bond motifs is 1. The summed E-state index contributed by atoms with van der Waals surface area (Å²) in [6, 6.07) is 5.95. The lowest BCUT2D eigenvalue weighted by molar-refractivity contribution is 0.273. The van der Waals surface area contributed by atoms with Gasteiger partial charge in [0, 0.05) is 24.1 Å². The van der Waals surface area contributed by atoms with Gasteiger partial charge in [-0.3, -0.25) is 0 Å². The molecule has 0 bridgehead atoms. The summed E-state index contributed by atoms with van der Waals surface area (Å²) >= 11 is 6.00. The van der Waals surface area contributed by atoms with Crippen LogP contribution in [0.2, 0.25) is 5.02 Å². The Balaban J connectivity index is 2.65. The second-order valence-electron chi connectivity index (χ2n) is 3.49. The van der Waals surface area contributed by atoms with Crippen molar-refractivity contribution in [2.75, 3.05) is 6.61 Å². The zero-order valence-electron chi connectivity index (χ0n) is 7.92. The zero-order chi connectivity index (χ0) is 10.1. The maximum absolute atomic E-state index is 9.11. The van der Waals surface area contributed by atoms with Crippen LogP contribution in [-0.2, 0) is 0 Å². The van der Waals surface area contributed by atoms with Gasteiger partial charge in [0.05, 0.1) is 10.5 Å². The van der Waals surface area contributed by atoms with Crippen molar-refractivity contribution in [1.82, 2.24) is 4.98 Å². The second kappa shape index (κ2) is 3.64. The van der Waals surface area contributed by atoms with Gasteiger partial charge in [-0.1, -0.05) is 36.7 Å². The van der Waals surface area contributed by atoms with E-state index in [-0.39, 0.29) is 12.5 Å². The highest BCUT2D eigenvalue weighted by atomic mass is 35.5. The van der Waals surface area contributed by atoms with E-state index in [1.54, 1.807) is 6.20 Å². The number of aromatic nitrogens is 1. The Morgan fingerprint density at radius 1 is 1.50 bits per heavy atom. The van der Waals surface area contributed by atoms with E-state index in [4.69, 9.17) is 16.7 Å². The molecule has 0 aliphatic carbocycles. The molecule has 2 aromatic rings. The minimum absolute atomic E-state index is 0.133. The lowest BCUT2D eigenvalue weighted by Crippen LogP contribution is -1.99. The molecule has 14 heavy (non-hydrogen) atoms. The number of hydrogen-bond acceptors (Lipinski definition) is 1. The van der Waals surface area contributed by atoms with E-state index in [9.17, 15) is 0 Å². The average Bonchev–Trinajstić information content (AvgIpc) is 2.59. The van der Waals surface area contributed by atoms with Gasteiger partial charge in [0.2, 0.25) is 0 Å². The number of benzene rings is 1. The third-order valence-electron chi connectivity index (χ3n) is 2.50. The van der Waals surface area contributed by atoms with Crippen LogP contribution in [0.3, 0.4) is 0 Å². The molecule has 0 saturated carbocycles. The van der Waals surface area contributed by atoms with Crippen molar-refractivity contribution in [1.29, 1.82) is 0 Å². The summed E-state index contributed by atoms with van der Waals surface area (Å²) in [5.41, 5.74) is 2.14. The molecule has 0 fully saturated rings. The van der Waals surface area contributed by atoms with Crippen LogP contribution in [0.25, 0.3) is 10.9 Å². The molecule has 0 saturated heterocycles. The predicted octanol–water partition coefficient (Wildman–Crippen LogP) is 2.92. The van der Waals surface area contributed by atoms with Crippen molar-refractivity contribution in [3.63, 3.8) is 0 Å². The molecule has 0 aliphatic heterocycles. The fourth-order valence-corrected chi connectivity index (χ4v) is 1.86. The fourth-order valence-electron chi connectivity index (χ4n) is 1.65. The van der Waals surface area contributed by atoms with Crippen molar-refractivity contribution >= 4 is 22.5 Å². The smallest absolute Gasteiger partial charge is 0.0659 e. The van der Waals surface area contributed by atoms with Gasteiger partial charge in [-0.15, -0.1) is 0 Å². The summed E-state index contributed by atoms with van der Waals surface area (Å²) in [4.78, 5) is 3.13. The van der Waals surface area contributed by atoms with Gasteiger partial charge in [-0.2, -0.15) is 0 Å². The molecule has 2 nitrogen and oxygen atoms in total. The number of aliphatic hydroxyl groups excluding tert-OH is 1. The summed E-state index contributed by atoms with van der Waals surface area (Å²) < 4.78 is 0. The number of nitrogens with one attached hydrogen (secondary N) is 1. The van der Waals surface area contributed by atoms with Crippen LogP contribution >= 0.6 is 11.6 Å². The molecule has 1 aromatic carbocycles. The fraction of sp³-hybridized carbons (Fsp3) is 0.273. The predicted molar refractivity (Wildman–Crippen MR) is 58.8 cm³/mol. The van der Waals surface area contributed by atoms with Gasteiger partial charge < -0.3 is 10.1 Å². The Hall–Kier alpha value is -0.990. The Kier molecular flexibility index (Phi) is 2.48. The minimum Gasteiger partial charge on any atom is -0.396 e. The molecular weight excluding hydrogens is 198 g/mol. The maximum atomic E-state index is 9.11. The topological polar surface area (TPSA) is 36.0 Å². The van der Waals surface area contributed by atoms with Crippen LogP contribution < -0.4 is 0 Å². The molecule has 0 radical (unpaired) electrons. The lowest BCUT2D eigenvalue weighted by atomic mass is 10.00. The van der Waals surface area contributed by atoms with Gasteiger partial charge in [0.15, 0.2) is 0 Å². The van der Waals surface area contributed by atoms with Crippen LogP contribution in [0.4, 0.5) is 0 Å². The first-order valence-corrected chi connectivity index (χ1v) is 4.98. The van der Waals surface area contributed by atoms with Gasteiger partial charge in [0.25, 0.3) is 0 Å². The molecule has 2 N–H and O–H groups in total. The van der Waals surface area contributed by atoms with Crippen molar-refractivity contribution < 1.29 is 5.11 Å². The van der Waals surface area contributed by atoms with Gasteiger partial charge in [0.1, 0.15) is 0 Å². The molecule has 1 atom stereocenters. The van der Waals surface area contributed by atoms with Gasteiger partial charge >= 0.3 is 0 Å². The number of aromatic amines is 1. The Labute approximate surface area is 87.5 Å². The third-order valence-corrected chi connectivity index (χ3v) is 2.81. The van der Waals surface area contributed by atoms with E-state index in [1.807, 2.05) is 25.1 Å². The third kappa shape index (κ3) is 1.41. The van der Waals surface area contributed by atoms with Gasteiger partial charge in [-0.05, 0) is 5.56 Å². The van der Waals surface area contributed by atoms with Crippen LogP contribution in [0.15, 0.2) is 24.4 Å². The number of H-pyrrole nitrogens is 1. The summed E-state index contributed by atoms with van der Waals surface area (Å²) in [5, 5.41) is 10.9. The molecule has 1 heterocycles. The van der Waals surface area contributed by atoms with Crippen LogP contribution in [0, 0.1) is 0 Å². The van der Waals surface area contributed by atoms with E-state index in [2.05, 4.69) is 4.98 Å². The second-order valence-corrected chi connectivity index (χ2v) is 3.90. The maximum Gasteiger partial charge on any atom is 0.0659 e. The summed E-state index contributed by atoms with van der Waals surface area (Å²) in [7, 11) is 0. The number of para-hydroxylation sites is 1. The molecule has 3 heteroatoms. The summed E-state index contributed by atoms with van der Waals surface area (Å²) in [6.07, 6.45) is 1.78. The first-order valence-electron chi connectivity index (χ1n) is 4.60. The molecule has 2 rings (SSSR count). The number of halogens is 1. The normalized spacial score (nSPS) is 13.4. The SMILES string of the molecule is CC(CO)c1cccc2c(Cl)c[nH]c12. The highest BCUT2D eigenvalue weighted by Gasteiger charge is 2.10. The monoisotopic (exact) mass is 209 g/mol. The van der Waals surface area contributed by atoms with E-state index >= 15 is 0 Å². The molecule has 1 aromatic heterocycles. The molecule has 1 unspecified atom stereocenters. The van der Waals surface area contributed by atoms with E-state index < -0.39 is 0 Å². The first kappa shape index (κ1) is 9.56. The summed E-state index contributed by atoms with van der Waals surface area (Å²) in [6.45, 7) is 2.14. The standard InChI is InChI=1S/C11H12ClNO/c1-7(6-14)8-3-2-4-9-10(12)5-13-11(8)9/h2-5,7,13-14H,6H2,1H3. The van der Waals surface area contributed by atoms with Crippen LogP contribution in [-0.4, -0.2) is 16.7 Å². The highest BCUT2D eigenvalue weighted by molar-refractivity contribution is 6.35. The van der Waals surface area contributed by atoms with Crippen LogP contribution in [0.1, 0.15) is 18.4 Å². The Bertz CT molecular complexity index is 449. The number of aliphatic hydroxyl groups is 1. The lowest BCUT2D eigenvalue weighted by Gasteiger charge is -2.09. The Morgan fingerprint density at radius 2 is 2.29 bits per heavy atom. The molecule has 0 spiro atoms. The number of rotatable bonds is 2. The highest BCUT2D eigenvalue weighted by Crippen LogP contribution is 2.29. The van der Waals surface area contributed by atoms with Crippen molar-refractivity contribution in [3.05, 3.63) is 35.0 Å². The first-order chi connectivity index (χ1) is 6.74. The molecule has 0 aliphatic rings. The molecular formula is C11H12ClNO. The van der Waals surface area contributed by atoms with Crippen LogP contribution in [0.5, 0.6) is 0 Å². The van der Waals surface area contributed by atoms with E-state index in [1.165, 1.54) is 0 Å². The van der Waals surface area contributed by atoms with Crippen molar-refractivity contribution in [3.8, 4) is 0 Å². The number of hydrogen-bond donors (Lipinski definition) is 2. The molecule has 74 valence electrons. The quantitative estimate of drug-likeness (QED) is 0.784.